The Morgan fingerprint density at radius 3 is 2.78 bits per heavy atom. The van der Waals surface area contributed by atoms with Crippen LogP contribution in [-0.4, -0.2) is 28.7 Å². The van der Waals surface area contributed by atoms with Crippen LogP contribution in [0.3, 0.4) is 0 Å². The number of rotatable bonds is 4. The molecule has 0 aromatic carbocycles. The molecule has 1 fully saturated rings. The predicted octanol–water partition coefficient (Wildman–Crippen LogP) is 1.83. The lowest BCUT2D eigenvalue weighted by atomic mass is 10.1. The van der Waals surface area contributed by atoms with Crippen LogP contribution >= 0.6 is 0 Å². The Hall–Kier alpha value is -1.65. The molecule has 0 saturated heterocycles. The second-order valence-corrected chi connectivity index (χ2v) is 4.92. The summed E-state index contributed by atoms with van der Waals surface area (Å²) in [4.78, 5) is 11.5. The van der Waals surface area contributed by atoms with Gasteiger partial charge in [-0.05, 0) is 44.2 Å². The molecule has 0 aliphatic heterocycles. The second-order valence-electron chi connectivity index (χ2n) is 4.92. The van der Waals surface area contributed by atoms with Crippen LogP contribution < -0.4 is 10.6 Å². The first-order valence-corrected chi connectivity index (χ1v) is 6.57. The maximum absolute atomic E-state index is 11.5. The molecule has 1 aromatic heterocycles. The highest BCUT2D eigenvalue weighted by Crippen LogP contribution is 2.26. The number of amides is 1. The van der Waals surface area contributed by atoms with Gasteiger partial charge in [0.1, 0.15) is 5.82 Å². The van der Waals surface area contributed by atoms with E-state index >= 15 is 0 Å². The van der Waals surface area contributed by atoms with Gasteiger partial charge in [0.2, 0.25) is 0 Å². The average Bonchev–Trinajstić information content (AvgIpc) is 2.76. The Kier molecular flexibility index (Phi) is 4.12. The molecule has 2 unspecified atom stereocenters. The fourth-order valence-corrected chi connectivity index (χ4v) is 2.33. The molecule has 1 aliphatic carbocycles. The van der Waals surface area contributed by atoms with Gasteiger partial charge in [0.15, 0.2) is 5.69 Å². The molecule has 18 heavy (non-hydrogen) atoms. The van der Waals surface area contributed by atoms with Gasteiger partial charge in [-0.1, -0.05) is 6.92 Å². The van der Waals surface area contributed by atoms with E-state index in [9.17, 15) is 4.79 Å². The molecule has 2 atom stereocenters. The number of anilines is 1. The molecule has 0 spiro atoms. The van der Waals surface area contributed by atoms with Gasteiger partial charge in [-0.3, -0.25) is 4.79 Å². The number of nitrogens with zero attached hydrogens (tertiary/aromatic N) is 2. The second kappa shape index (κ2) is 5.80. The van der Waals surface area contributed by atoms with Gasteiger partial charge < -0.3 is 10.6 Å². The first-order valence-electron chi connectivity index (χ1n) is 6.57. The molecule has 2 N–H and O–H groups in total. The van der Waals surface area contributed by atoms with Gasteiger partial charge in [-0.25, -0.2) is 0 Å². The molecular formula is C13H20N4O. The molecule has 1 saturated carbocycles. The summed E-state index contributed by atoms with van der Waals surface area (Å²) >= 11 is 0. The summed E-state index contributed by atoms with van der Waals surface area (Å²) in [5.41, 5.74) is 0.363. The van der Waals surface area contributed by atoms with Crippen molar-refractivity contribution in [3.63, 3.8) is 0 Å². The summed E-state index contributed by atoms with van der Waals surface area (Å²) in [6.45, 7) is 4.74. The van der Waals surface area contributed by atoms with Crippen molar-refractivity contribution in [2.24, 2.45) is 5.92 Å². The van der Waals surface area contributed by atoms with Crippen LogP contribution in [0.25, 0.3) is 0 Å². The minimum atomic E-state index is -0.175. The van der Waals surface area contributed by atoms with Crippen molar-refractivity contribution in [2.45, 2.75) is 39.2 Å². The van der Waals surface area contributed by atoms with Crippen molar-refractivity contribution in [1.82, 2.24) is 15.5 Å². The maximum atomic E-state index is 11.5. The monoisotopic (exact) mass is 248 g/mol. The van der Waals surface area contributed by atoms with E-state index < -0.39 is 0 Å². The Bertz CT molecular complexity index is 404. The molecule has 98 valence electrons. The normalized spacial score (nSPS) is 22.8. The third-order valence-corrected chi connectivity index (χ3v) is 3.28. The van der Waals surface area contributed by atoms with Crippen molar-refractivity contribution in [2.75, 3.05) is 11.9 Å². The van der Waals surface area contributed by atoms with Crippen LogP contribution in [0.4, 0.5) is 5.82 Å². The number of carbonyl (C=O) groups is 1. The van der Waals surface area contributed by atoms with Gasteiger partial charge in [0, 0.05) is 12.6 Å². The minimum Gasteiger partial charge on any atom is -0.366 e. The highest BCUT2D eigenvalue weighted by Gasteiger charge is 2.21. The summed E-state index contributed by atoms with van der Waals surface area (Å²) in [5, 5.41) is 14.0. The third kappa shape index (κ3) is 3.18. The van der Waals surface area contributed by atoms with Gasteiger partial charge >= 0.3 is 0 Å². The Morgan fingerprint density at radius 1 is 1.39 bits per heavy atom. The van der Waals surface area contributed by atoms with Crippen LogP contribution in [-0.2, 0) is 0 Å². The lowest BCUT2D eigenvalue weighted by molar-refractivity contribution is 0.0950. The largest absolute Gasteiger partial charge is 0.366 e. The van der Waals surface area contributed by atoms with Crippen molar-refractivity contribution < 1.29 is 4.79 Å². The maximum Gasteiger partial charge on any atom is 0.271 e. The van der Waals surface area contributed by atoms with Gasteiger partial charge in [-0.2, -0.15) is 0 Å². The predicted molar refractivity (Wildman–Crippen MR) is 70.5 cm³/mol. The molecular weight excluding hydrogens is 228 g/mol. The summed E-state index contributed by atoms with van der Waals surface area (Å²) in [5.74, 6) is 1.36. The van der Waals surface area contributed by atoms with E-state index in [1.165, 1.54) is 19.3 Å². The van der Waals surface area contributed by atoms with E-state index in [4.69, 9.17) is 0 Å². The molecule has 2 rings (SSSR count). The first kappa shape index (κ1) is 12.8. The van der Waals surface area contributed by atoms with Crippen LogP contribution in [0.15, 0.2) is 12.1 Å². The van der Waals surface area contributed by atoms with Gasteiger partial charge in [0.05, 0.1) is 0 Å². The quantitative estimate of drug-likeness (QED) is 0.853. The summed E-state index contributed by atoms with van der Waals surface area (Å²) in [7, 11) is 0. The summed E-state index contributed by atoms with van der Waals surface area (Å²) in [6, 6.07) is 4.02. The van der Waals surface area contributed by atoms with Crippen LogP contribution in [0.2, 0.25) is 0 Å². The highest BCUT2D eigenvalue weighted by atomic mass is 16.1. The molecule has 1 aliphatic rings. The zero-order valence-electron chi connectivity index (χ0n) is 10.9. The summed E-state index contributed by atoms with van der Waals surface area (Å²) < 4.78 is 0. The molecule has 5 heteroatoms. The van der Waals surface area contributed by atoms with E-state index in [-0.39, 0.29) is 5.91 Å². The van der Waals surface area contributed by atoms with Crippen LogP contribution in [0.1, 0.15) is 43.6 Å². The number of aromatic nitrogens is 2. The summed E-state index contributed by atoms with van der Waals surface area (Å²) in [6.07, 6.45) is 3.63. The fourth-order valence-electron chi connectivity index (χ4n) is 2.33. The van der Waals surface area contributed by atoms with Crippen LogP contribution in [0.5, 0.6) is 0 Å². The molecule has 1 amide bonds. The number of hydrogen-bond acceptors (Lipinski definition) is 4. The van der Waals surface area contributed by atoms with Crippen LogP contribution in [0, 0.1) is 5.92 Å². The third-order valence-electron chi connectivity index (χ3n) is 3.28. The molecule has 1 aromatic rings. The van der Waals surface area contributed by atoms with Crippen molar-refractivity contribution >= 4 is 11.7 Å². The number of carbonyl (C=O) groups excluding carboxylic acids is 1. The smallest absolute Gasteiger partial charge is 0.271 e. The van der Waals surface area contributed by atoms with Crippen molar-refractivity contribution in [3.05, 3.63) is 17.8 Å². The van der Waals surface area contributed by atoms with Gasteiger partial charge in [-0.15, -0.1) is 10.2 Å². The van der Waals surface area contributed by atoms with Gasteiger partial charge in [0.25, 0.3) is 5.91 Å². The Balaban J connectivity index is 1.93. The first-order chi connectivity index (χ1) is 8.69. The standard InChI is InChI=1S/C13H20N4O/c1-3-14-13(18)11-6-7-12(17-16-11)15-10-5-4-9(2)8-10/h6-7,9-10H,3-5,8H2,1-2H3,(H,14,18)(H,15,17). The molecule has 1 heterocycles. The zero-order valence-corrected chi connectivity index (χ0v) is 10.9. The minimum absolute atomic E-state index is 0.175. The van der Waals surface area contributed by atoms with E-state index in [0.717, 1.165) is 11.7 Å². The topological polar surface area (TPSA) is 66.9 Å². The lowest BCUT2D eigenvalue weighted by Crippen LogP contribution is -2.24. The Morgan fingerprint density at radius 2 is 2.22 bits per heavy atom. The van der Waals surface area contributed by atoms with E-state index in [1.807, 2.05) is 13.0 Å². The number of hydrogen-bond donors (Lipinski definition) is 2. The number of nitrogens with one attached hydrogen (secondary N) is 2. The van der Waals surface area contributed by atoms with Crippen molar-refractivity contribution in [1.29, 1.82) is 0 Å². The molecule has 5 nitrogen and oxygen atoms in total. The SMILES string of the molecule is CCNC(=O)c1ccc(NC2CCC(C)C2)nn1. The van der Waals surface area contributed by atoms with Crippen molar-refractivity contribution in [3.8, 4) is 0 Å². The highest BCUT2D eigenvalue weighted by molar-refractivity contribution is 5.92. The lowest BCUT2D eigenvalue weighted by Gasteiger charge is -2.12. The fraction of sp³-hybridized carbons (Fsp3) is 0.615. The molecule has 0 radical (unpaired) electrons. The van der Waals surface area contributed by atoms with E-state index in [2.05, 4.69) is 27.8 Å². The van der Waals surface area contributed by atoms with E-state index in [1.54, 1.807) is 6.07 Å². The Labute approximate surface area is 107 Å². The zero-order chi connectivity index (χ0) is 13.0. The van der Waals surface area contributed by atoms with E-state index in [0.29, 0.717) is 18.3 Å². The molecule has 0 bridgehead atoms. The average molecular weight is 248 g/mol.